The summed E-state index contributed by atoms with van der Waals surface area (Å²) in [4.78, 5) is 48.5. The van der Waals surface area contributed by atoms with Crippen molar-refractivity contribution in [2.45, 2.75) is 175 Å². The van der Waals surface area contributed by atoms with E-state index < -0.39 is 12.7 Å². The molecule has 0 spiro atoms. The summed E-state index contributed by atoms with van der Waals surface area (Å²) in [5, 5.41) is 21.9. The van der Waals surface area contributed by atoms with E-state index in [1.54, 1.807) is 5.57 Å². The molecule has 3 N–H and O–H groups in total. The largest absolute Gasteiger partial charge is 0.394 e. The first-order valence-corrected chi connectivity index (χ1v) is 20.5. The first kappa shape index (κ1) is 41.1. The zero-order valence-corrected chi connectivity index (χ0v) is 32.3. The molecule has 0 radical (unpaired) electrons. The first-order chi connectivity index (χ1) is 23.8. The predicted octanol–water partition coefficient (Wildman–Crippen LogP) is 8.13. The average Bonchev–Trinajstić information content (AvgIpc) is 3.44. The van der Waals surface area contributed by atoms with Crippen LogP contribution in [-0.4, -0.2) is 58.6 Å². The van der Waals surface area contributed by atoms with Crippen LogP contribution in [0.15, 0.2) is 11.6 Å². The molecule has 284 valence electrons. The topological polar surface area (TPSA) is 121 Å². The van der Waals surface area contributed by atoms with Crippen LogP contribution in [0.4, 0.5) is 0 Å². The molecule has 3 fully saturated rings. The summed E-state index contributed by atoms with van der Waals surface area (Å²) in [5.41, 5.74) is 2.57. The van der Waals surface area contributed by atoms with E-state index >= 15 is 0 Å². The van der Waals surface area contributed by atoms with Crippen molar-refractivity contribution < 1.29 is 29.4 Å². The number of hydrogen-bond acceptors (Lipinski definition) is 7. The molecule has 4 aliphatic rings. The smallest absolute Gasteiger partial charge is 0.136 e. The summed E-state index contributed by atoms with van der Waals surface area (Å²) in [6.07, 6.45) is 18.0. The lowest BCUT2D eigenvalue weighted by molar-refractivity contribution is -0.127. The van der Waals surface area contributed by atoms with Gasteiger partial charge >= 0.3 is 0 Å². The molecule has 5 unspecified atom stereocenters. The number of ketones is 4. The highest BCUT2D eigenvalue weighted by molar-refractivity contribution is 5.90. The Balaban J connectivity index is 1.13. The fourth-order valence-corrected chi connectivity index (χ4v) is 11.1. The van der Waals surface area contributed by atoms with E-state index in [1.165, 1.54) is 64.2 Å². The van der Waals surface area contributed by atoms with Crippen molar-refractivity contribution in [3.8, 4) is 0 Å². The summed E-state index contributed by atoms with van der Waals surface area (Å²) in [6, 6.07) is 0.478. The first-order valence-electron chi connectivity index (χ1n) is 20.5. The molecule has 0 aromatic carbocycles. The van der Waals surface area contributed by atoms with E-state index in [9.17, 15) is 24.3 Å². The third-order valence-corrected chi connectivity index (χ3v) is 14.1. The quantitative estimate of drug-likeness (QED) is 0.0772. The molecule has 0 aromatic rings. The number of hydrogen-bond donors (Lipinski definition) is 3. The van der Waals surface area contributed by atoms with Gasteiger partial charge in [0.25, 0.3) is 0 Å². The van der Waals surface area contributed by atoms with Gasteiger partial charge in [-0.1, -0.05) is 65.5 Å². The molecule has 0 amide bonds. The maximum absolute atomic E-state index is 12.5. The van der Waals surface area contributed by atoms with E-state index in [4.69, 9.17) is 5.11 Å². The SMILES string of the molecule is CC(C)CCC[C@@H](C)[C@H]1CCC2C3CC=C4CC(NCCCC(=O)CCC(=O)CCC(=O)CCC(=O)CC(O)CO)CC[C@]4(C)C3CC[C@@]21C. The Morgan fingerprint density at radius 3 is 2.08 bits per heavy atom. The van der Waals surface area contributed by atoms with Crippen LogP contribution in [0.3, 0.4) is 0 Å². The Morgan fingerprint density at radius 2 is 1.44 bits per heavy atom. The molecule has 9 atom stereocenters. The third-order valence-electron chi connectivity index (χ3n) is 14.1. The Kier molecular flexibility index (Phi) is 15.5. The summed E-state index contributed by atoms with van der Waals surface area (Å²) in [7, 11) is 0. The van der Waals surface area contributed by atoms with E-state index in [1.807, 2.05) is 0 Å². The summed E-state index contributed by atoms with van der Waals surface area (Å²) in [5.74, 6) is 4.69. The van der Waals surface area contributed by atoms with Crippen molar-refractivity contribution in [3.63, 3.8) is 0 Å². The minimum Gasteiger partial charge on any atom is -0.394 e. The highest BCUT2D eigenvalue weighted by Gasteiger charge is 2.59. The zero-order valence-electron chi connectivity index (χ0n) is 32.3. The van der Waals surface area contributed by atoms with Gasteiger partial charge in [0.05, 0.1) is 12.7 Å². The molecule has 3 saturated carbocycles. The summed E-state index contributed by atoms with van der Waals surface area (Å²) >= 11 is 0. The molecule has 0 aliphatic heterocycles. The van der Waals surface area contributed by atoms with Gasteiger partial charge in [0.2, 0.25) is 0 Å². The second-order valence-corrected chi connectivity index (χ2v) is 18.0. The Morgan fingerprint density at radius 1 is 0.800 bits per heavy atom. The molecule has 4 aliphatic carbocycles. The highest BCUT2D eigenvalue weighted by Crippen LogP contribution is 2.67. The molecule has 4 rings (SSSR count). The zero-order chi connectivity index (χ0) is 36.5. The second kappa shape index (κ2) is 18.9. The van der Waals surface area contributed by atoms with Gasteiger partial charge in [-0.15, -0.1) is 0 Å². The van der Waals surface area contributed by atoms with Crippen LogP contribution in [0.2, 0.25) is 0 Å². The van der Waals surface area contributed by atoms with Crippen molar-refractivity contribution in [3.05, 3.63) is 11.6 Å². The molecule has 0 aromatic heterocycles. The van der Waals surface area contributed by atoms with E-state index in [-0.39, 0.29) is 68.1 Å². The molecular formula is C43H71NO6. The Hall–Kier alpha value is -1.70. The molecule has 0 saturated heterocycles. The Bertz CT molecular complexity index is 1190. The van der Waals surface area contributed by atoms with Crippen LogP contribution < -0.4 is 5.32 Å². The van der Waals surface area contributed by atoms with Gasteiger partial charge in [-0.2, -0.15) is 0 Å². The normalized spacial score (nSPS) is 31.7. The summed E-state index contributed by atoms with van der Waals surface area (Å²) < 4.78 is 0. The van der Waals surface area contributed by atoms with Crippen molar-refractivity contribution in [1.82, 2.24) is 5.32 Å². The lowest BCUT2D eigenvalue weighted by Gasteiger charge is -2.58. The van der Waals surface area contributed by atoms with Crippen molar-refractivity contribution >= 4 is 23.1 Å². The number of aliphatic hydroxyl groups is 2. The number of Topliss-reactive ketones (excluding diaryl/α,β-unsaturated/α-hetero) is 4. The lowest BCUT2D eigenvalue weighted by Crippen LogP contribution is -2.51. The number of carbonyl (C=O) groups excluding carboxylic acids is 4. The standard InChI is InChI=1S/C43H71NO6/c1-29(2)8-6-9-30(3)39-19-20-40-38-18-11-31-26-32(21-23-42(31,4)41(38)22-24-43(39,40)5)44-25-7-10-33(46)12-13-34(47)14-15-35(48)16-17-36(49)27-37(50)28-45/h11,29-30,32,37-41,44-45,50H,6-10,12-28H2,1-5H3/t30-,32?,37?,38?,39-,40?,41?,42+,43-/m1/s1. The van der Waals surface area contributed by atoms with Crippen LogP contribution in [0.25, 0.3) is 0 Å². The van der Waals surface area contributed by atoms with Crippen LogP contribution >= 0.6 is 0 Å². The monoisotopic (exact) mass is 698 g/mol. The molecule has 0 heterocycles. The van der Waals surface area contributed by atoms with E-state index in [0.29, 0.717) is 23.3 Å². The van der Waals surface area contributed by atoms with Gasteiger partial charge in [-0.05, 0) is 111 Å². The van der Waals surface area contributed by atoms with E-state index in [2.05, 4.69) is 46.0 Å². The number of carbonyl (C=O) groups is 4. The maximum atomic E-state index is 12.5. The Labute approximate surface area is 303 Å². The van der Waals surface area contributed by atoms with Gasteiger partial charge in [0.1, 0.15) is 23.1 Å². The number of nitrogens with one attached hydrogen (secondary N) is 1. The number of aliphatic hydroxyl groups excluding tert-OH is 2. The van der Waals surface area contributed by atoms with Gasteiger partial charge < -0.3 is 15.5 Å². The minimum absolute atomic E-state index is 0.00798. The van der Waals surface area contributed by atoms with Gasteiger partial charge in [-0.3, -0.25) is 19.2 Å². The van der Waals surface area contributed by atoms with Crippen LogP contribution in [0.5, 0.6) is 0 Å². The molecule has 7 heteroatoms. The van der Waals surface area contributed by atoms with Gasteiger partial charge in [0, 0.05) is 57.4 Å². The fraction of sp³-hybridized carbons (Fsp3) is 0.860. The fourth-order valence-electron chi connectivity index (χ4n) is 11.1. The highest BCUT2D eigenvalue weighted by atomic mass is 16.3. The third kappa shape index (κ3) is 10.7. The van der Waals surface area contributed by atoms with Crippen molar-refractivity contribution in [1.29, 1.82) is 0 Å². The second-order valence-electron chi connectivity index (χ2n) is 18.0. The molecule has 7 nitrogen and oxygen atoms in total. The average molecular weight is 698 g/mol. The van der Waals surface area contributed by atoms with Crippen LogP contribution in [0.1, 0.15) is 163 Å². The van der Waals surface area contributed by atoms with Crippen molar-refractivity contribution in [2.75, 3.05) is 13.2 Å². The number of fused-ring (bicyclic) bond motifs is 5. The van der Waals surface area contributed by atoms with Gasteiger partial charge in [-0.25, -0.2) is 0 Å². The maximum Gasteiger partial charge on any atom is 0.136 e. The molecule has 50 heavy (non-hydrogen) atoms. The van der Waals surface area contributed by atoms with Crippen LogP contribution in [-0.2, 0) is 19.2 Å². The predicted molar refractivity (Wildman–Crippen MR) is 200 cm³/mol. The lowest BCUT2D eigenvalue weighted by atomic mass is 9.47. The minimum atomic E-state index is -1.09. The number of rotatable bonds is 22. The number of allylic oxidation sites excluding steroid dienone is 1. The van der Waals surface area contributed by atoms with Crippen molar-refractivity contribution in [2.24, 2.45) is 46.3 Å². The van der Waals surface area contributed by atoms with Gasteiger partial charge in [0.15, 0.2) is 0 Å². The van der Waals surface area contributed by atoms with E-state index in [0.717, 1.165) is 54.9 Å². The summed E-state index contributed by atoms with van der Waals surface area (Å²) in [6.45, 7) is 12.9. The molecular weight excluding hydrogens is 626 g/mol. The molecule has 0 bridgehead atoms. The van der Waals surface area contributed by atoms with Crippen LogP contribution in [0, 0.1) is 46.3 Å².